The highest BCUT2D eigenvalue weighted by Crippen LogP contribution is 2.30. The first kappa shape index (κ1) is 38.6. The predicted molar refractivity (Wildman–Crippen MR) is 177 cm³/mol. The molecule has 0 radical (unpaired) electrons. The van der Waals surface area contributed by atoms with Crippen molar-refractivity contribution in [3.63, 3.8) is 0 Å². The van der Waals surface area contributed by atoms with Crippen molar-refractivity contribution < 1.29 is 48.9 Å². The Morgan fingerprint density at radius 3 is 1.40 bits per heavy atom. The summed E-state index contributed by atoms with van der Waals surface area (Å²) in [5.41, 5.74) is 3.31. The third-order valence-electron chi connectivity index (χ3n) is 6.36. The van der Waals surface area contributed by atoms with Crippen LogP contribution in [0.2, 0.25) is 5.02 Å². The number of rotatable bonds is 23. The minimum Gasteiger partial charge on any atom is -0.489 e. The van der Waals surface area contributed by atoms with Crippen LogP contribution in [0.5, 0.6) is 5.75 Å². The van der Waals surface area contributed by atoms with E-state index in [-0.39, 0.29) is 82.5 Å². The molecule has 0 bridgehead atoms. The highest BCUT2D eigenvalue weighted by atomic mass is 35.5. The number of ether oxygens (including phenoxy) is 5. The third kappa shape index (κ3) is 13.7. The van der Waals surface area contributed by atoms with E-state index in [1.807, 2.05) is 13.8 Å². The van der Waals surface area contributed by atoms with E-state index in [1.54, 1.807) is 42.5 Å². The molecule has 47 heavy (non-hydrogen) atoms. The Bertz CT molecular complexity index is 1500. The molecule has 3 aromatic rings. The molecule has 0 unspecified atom stereocenters. The SMILES string of the molecule is C=CCOc1c(COCCOCCOS(=O)(=O)c2ccc(C)cc2)cc(Cl)cc1COCCOCCOS(=O)(=O)c1ccc(C)cc1. The van der Waals surface area contributed by atoms with Gasteiger partial charge in [-0.05, 0) is 50.2 Å². The van der Waals surface area contributed by atoms with E-state index < -0.39 is 20.2 Å². The molecule has 3 aromatic carbocycles. The molecule has 3 rings (SSSR count). The lowest BCUT2D eigenvalue weighted by molar-refractivity contribution is 0.0284. The van der Waals surface area contributed by atoms with Gasteiger partial charge in [0.25, 0.3) is 20.2 Å². The van der Waals surface area contributed by atoms with Gasteiger partial charge in [-0.3, -0.25) is 8.37 Å². The molecule has 0 aliphatic heterocycles. The fourth-order valence-corrected chi connectivity index (χ4v) is 6.06. The van der Waals surface area contributed by atoms with Gasteiger partial charge in [0.2, 0.25) is 0 Å². The number of aryl methyl sites for hydroxylation is 2. The van der Waals surface area contributed by atoms with Crippen LogP contribution in [0.4, 0.5) is 0 Å². The number of halogens is 1. The molecular formula is C33H41ClO11S2. The number of benzene rings is 3. The van der Waals surface area contributed by atoms with Crippen LogP contribution in [0, 0.1) is 13.8 Å². The van der Waals surface area contributed by atoms with Gasteiger partial charge in [-0.15, -0.1) is 0 Å². The monoisotopic (exact) mass is 712 g/mol. The van der Waals surface area contributed by atoms with Crippen LogP contribution in [0.15, 0.2) is 83.1 Å². The van der Waals surface area contributed by atoms with E-state index in [0.29, 0.717) is 21.9 Å². The Hall–Kier alpha value is -2.85. The fourth-order valence-electron chi connectivity index (χ4n) is 4.01. The van der Waals surface area contributed by atoms with E-state index in [9.17, 15) is 16.8 Å². The summed E-state index contributed by atoms with van der Waals surface area (Å²) in [5.74, 6) is 0.556. The Morgan fingerprint density at radius 1 is 0.617 bits per heavy atom. The molecule has 0 aliphatic carbocycles. The van der Waals surface area contributed by atoms with Crippen LogP contribution in [0.3, 0.4) is 0 Å². The van der Waals surface area contributed by atoms with Crippen molar-refractivity contribution in [2.24, 2.45) is 0 Å². The maximum Gasteiger partial charge on any atom is 0.297 e. The summed E-state index contributed by atoms with van der Waals surface area (Å²) in [6.45, 7) is 8.86. The second kappa shape index (κ2) is 19.8. The zero-order valence-corrected chi connectivity index (χ0v) is 28.9. The highest BCUT2D eigenvalue weighted by Gasteiger charge is 2.16. The van der Waals surface area contributed by atoms with Crippen molar-refractivity contribution in [3.05, 3.63) is 101 Å². The van der Waals surface area contributed by atoms with Gasteiger partial charge < -0.3 is 23.7 Å². The zero-order chi connectivity index (χ0) is 34.1. The van der Waals surface area contributed by atoms with Crippen molar-refractivity contribution in [2.45, 2.75) is 36.9 Å². The van der Waals surface area contributed by atoms with Gasteiger partial charge in [0, 0.05) is 16.1 Å². The summed E-state index contributed by atoms with van der Waals surface area (Å²) < 4.78 is 87.3. The first-order chi connectivity index (χ1) is 22.5. The molecule has 11 nitrogen and oxygen atoms in total. The highest BCUT2D eigenvalue weighted by molar-refractivity contribution is 7.87. The van der Waals surface area contributed by atoms with Gasteiger partial charge in [-0.2, -0.15) is 16.8 Å². The third-order valence-corrected chi connectivity index (χ3v) is 9.24. The lowest BCUT2D eigenvalue weighted by Crippen LogP contribution is -2.14. The van der Waals surface area contributed by atoms with Crippen LogP contribution < -0.4 is 4.74 Å². The molecule has 14 heteroatoms. The summed E-state index contributed by atoms with van der Waals surface area (Å²) >= 11 is 6.37. The van der Waals surface area contributed by atoms with Crippen LogP contribution >= 0.6 is 11.6 Å². The molecule has 0 saturated carbocycles. The fraction of sp³-hybridized carbons (Fsp3) is 0.394. The maximum atomic E-state index is 12.2. The Balaban J connectivity index is 1.36. The quantitative estimate of drug-likeness (QED) is 0.0711. The van der Waals surface area contributed by atoms with Gasteiger partial charge in [-0.25, -0.2) is 0 Å². The normalized spacial score (nSPS) is 11.9. The molecule has 258 valence electrons. The van der Waals surface area contributed by atoms with Gasteiger partial charge in [-0.1, -0.05) is 59.6 Å². The molecule has 0 N–H and O–H groups in total. The average Bonchev–Trinajstić information content (AvgIpc) is 3.03. The molecule has 0 aliphatic rings. The Morgan fingerprint density at radius 2 is 1.00 bits per heavy atom. The van der Waals surface area contributed by atoms with Gasteiger partial charge in [0.05, 0.1) is 75.9 Å². The zero-order valence-electron chi connectivity index (χ0n) is 26.5. The molecule has 0 heterocycles. The van der Waals surface area contributed by atoms with Crippen LogP contribution in [0.25, 0.3) is 0 Å². The second-order valence-electron chi connectivity index (χ2n) is 10.2. The van der Waals surface area contributed by atoms with Crippen molar-refractivity contribution in [3.8, 4) is 5.75 Å². The molecule has 0 saturated heterocycles. The summed E-state index contributed by atoms with van der Waals surface area (Å²) in [6, 6.07) is 16.3. The number of hydrogen-bond donors (Lipinski definition) is 0. The van der Waals surface area contributed by atoms with Crippen LogP contribution in [0.1, 0.15) is 22.3 Å². The lowest BCUT2D eigenvalue weighted by atomic mass is 10.1. The maximum absolute atomic E-state index is 12.2. The van der Waals surface area contributed by atoms with Gasteiger partial charge in [0.15, 0.2) is 0 Å². The summed E-state index contributed by atoms with van der Waals surface area (Å²) in [6.07, 6.45) is 1.62. The van der Waals surface area contributed by atoms with Gasteiger partial charge >= 0.3 is 0 Å². The predicted octanol–water partition coefficient (Wildman–Crippen LogP) is 5.40. The minimum atomic E-state index is -3.85. The van der Waals surface area contributed by atoms with E-state index in [0.717, 1.165) is 11.1 Å². The molecular weight excluding hydrogens is 672 g/mol. The van der Waals surface area contributed by atoms with Crippen molar-refractivity contribution in [2.75, 3.05) is 59.5 Å². The van der Waals surface area contributed by atoms with Crippen molar-refractivity contribution >= 4 is 31.8 Å². The number of hydrogen-bond acceptors (Lipinski definition) is 11. The summed E-state index contributed by atoms with van der Waals surface area (Å²) in [7, 11) is -7.69. The van der Waals surface area contributed by atoms with Gasteiger partial charge in [0.1, 0.15) is 12.4 Å². The molecule has 0 aromatic heterocycles. The standard InChI is InChI=1S/C33H41ClO11S2/c1-4-13-43-33-28(24-41-16-14-39-18-20-44-46(35,36)31-9-5-26(2)6-10-31)22-30(34)23-29(33)25-42-17-15-40-19-21-45-47(37,38)32-11-7-27(3)8-12-32/h4-12,22-23H,1,13-21,24-25H2,2-3H3. The van der Waals surface area contributed by atoms with Crippen molar-refractivity contribution in [1.29, 1.82) is 0 Å². The molecule has 0 atom stereocenters. The second-order valence-corrected chi connectivity index (χ2v) is 13.8. The van der Waals surface area contributed by atoms with Crippen LogP contribution in [-0.4, -0.2) is 76.3 Å². The van der Waals surface area contributed by atoms with E-state index in [2.05, 4.69) is 6.58 Å². The van der Waals surface area contributed by atoms with E-state index in [4.69, 9.17) is 43.7 Å². The smallest absolute Gasteiger partial charge is 0.297 e. The average molecular weight is 713 g/mol. The lowest BCUT2D eigenvalue weighted by Gasteiger charge is -2.17. The van der Waals surface area contributed by atoms with E-state index >= 15 is 0 Å². The first-order valence-corrected chi connectivity index (χ1v) is 18.0. The first-order valence-electron chi connectivity index (χ1n) is 14.8. The molecule has 0 spiro atoms. The largest absolute Gasteiger partial charge is 0.489 e. The molecule has 0 amide bonds. The van der Waals surface area contributed by atoms with Crippen LogP contribution in [-0.2, 0) is 60.8 Å². The minimum absolute atomic E-state index is 0.0735. The van der Waals surface area contributed by atoms with E-state index in [1.165, 1.54) is 24.3 Å². The summed E-state index contributed by atoms with van der Waals surface area (Å²) in [4.78, 5) is 0.186. The topological polar surface area (TPSA) is 133 Å². The Labute approximate surface area is 282 Å². The van der Waals surface area contributed by atoms with Crippen molar-refractivity contribution in [1.82, 2.24) is 0 Å². The molecule has 0 fully saturated rings. The Kier molecular flexibility index (Phi) is 16.3. The summed E-state index contributed by atoms with van der Waals surface area (Å²) in [5, 5.41) is 0.472.